The van der Waals surface area contributed by atoms with E-state index in [1.165, 1.54) is 6.20 Å². The van der Waals surface area contributed by atoms with Crippen molar-refractivity contribution in [3.05, 3.63) is 18.3 Å². The molecule has 2 fully saturated rings. The predicted octanol–water partition coefficient (Wildman–Crippen LogP) is 1.25. The van der Waals surface area contributed by atoms with Crippen molar-refractivity contribution in [3.63, 3.8) is 0 Å². The van der Waals surface area contributed by atoms with E-state index in [0.29, 0.717) is 29.9 Å². The largest absolute Gasteiger partial charge is 0.354 e. The Balaban J connectivity index is 1.76. The van der Waals surface area contributed by atoms with Gasteiger partial charge in [-0.3, -0.25) is 0 Å². The fraction of sp³-hybridized carbons (Fsp3) is 0.688. The van der Waals surface area contributed by atoms with E-state index in [1.54, 1.807) is 10.4 Å². The Bertz CT molecular complexity index is 639. The Morgan fingerprint density at radius 2 is 1.78 bits per heavy atom. The maximum Gasteiger partial charge on any atom is 0.244 e. The van der Waals surface area contributed by atoms with E-state index in [0.717, 1.165) is 31.9 Å². The third kappa shape index (κ3) is 3.22. The number of anilines is 1. The van der Waals surface area contributed by atoms with Crippen LogP contribution in [0.2, 0.25) is 0 Å². The Morgan fingerprint density at radius 3 is 2.30 bits per heavy atom. The number of rotatable bonds is 3. The molecule has 2 saturated heterocycles. The van der Waals surface area contributed by atoms with Gasteiger partial charge in [-0.15, -0.1) is 0 Å². The van der Waals surface area contributed by atoms with Crippen LogP contribution in [-0.2, 0) is 10.0 Å². The second-order valence-electron chi connectivity index (χ2n) is 6.76. The Labute approximate surface area is 139 Å². The maximum absolute atomic E-state index is 12.7. The van der Waals surface area contributed by atoms with E-state index in [4.69, 9.17) is 0 Å². The molecule has 0 N–H and O–H groups in total. The molecule has 3 rings (SSSR count). The minimum absolute atomic E-state index is 0.297. The van der Waals surface area contributed by atoms with Gasteiger partial charge in [0.15, 0.2) is 0 Å². The number of sulfonamides is 1. The van der Waals surface area contributed by atoms with Gasteiger partial charge in [-0.25, -0.2) is 13.4 Å². The summed E-state index contributed by atoms with van der Waals surface area (Å²) in [6.45, 7) is 8.06. The summed E-state index contributed by atoms with van der Waals surface area (Å²) in [5, 5.41) is 0. The monoisotopic (exact) mass is 338 g/mol. The highest BCUT2D eigenvalue weighted by Gasteiger charge is 2.30. The van der Waals surface area contributed by atoms with Gasteiger partial charge < -0.3 is 9.80 Å². The lowest BCUT2D eigenvalue weighted by atomic mass is 10.1. The van der Waals surface area contributed by atoms with Crippen LogP contribution in [0.5, 0.6) is 0 Å². The van der Waals surface area contributed by atoms with Crippen molar-refractivity contribution in [1.29, 1.82) is 0 Å². The molecule has 6 nitrogen and oxygen atoms in total. The summed E-state index contributed by atoms with van der Waals surface area (Å²) in [6, 6.07) is 3.99. The average Bonchev–Trinajstić information content (AvgIpc) is 2.87. The Morgan fingerprint density at radius 1 is 1.09 bits per heavy atom. The van der Waals surface area contributed by atoms with Crippen LogP contribution in [0.4, 0.5) is 5.82 Å². The summed E-state index contributed by atoms with van der Waals surface area (Å²) in [5.41, 5.74) is 0. The first kappa shape index (κ1) is 16.7. The minimum atomic E-state index is -3.42. The number of aromatic nitrogens is 1. The first-order chi connectivity index (χ1) is 10.9. The van der Waals surface area contributed by atoms with Crippen molar-refractivity contribution in [2.45, 2.75) is 31.2 Å². The van der Waals surface area contributed by atoms with Crippen molar-refractivity contribution in [2.75, 3.05) is 44.7 Å². The molecule has 0 amide bonds. The molecule has 2 aliphatic heterocycles. The molecular weight excluding hydrogens is 312 g/mol. The van der Waals surface area contributed by atoms with E-state index < -0.39 is 10.0 Å². The maximum atomic E-state index is 12.7. The summed E-state index contributed by atoms with van der Waals surface area (Å²) >= 11 is 0. The van der Waals surface area contributed by atoms with Crippen LogP contribution in [0.15, 0.2) is 23.2 Å². The van der Waals surface area contributed by atoms with Crippen LogP contribution in [0.1, 0.15) is 20.3 Å². The first-order valence-corrected chi connectivity index (χ1v) is 9.75. The zero-order valence-corrected chi connectivity index (χ0v) is 15.0. The van der Waals surface area contributed by atoms with Gasteiger partial charge in [0.25, 0.3) is 0 Å². The van der Waals surface area contributed by atoms with E-state index >= 15 is 0 Å². The molecule has 0 radical (unpaired) electrons. The SMILES string of the molecule is CC1CCN(c2ccc(S(=O)(=O)N3CCN(C)CC3)cn2)C1C. The van der Waals surface area contributed by atoms with E-state index in [-0.39, 0.29) is 0 Å². The lowest BCUT2D eigenvalue weighted by Gasteiger charge is -2.31. The van der Waals surface area contributed by atoms with Crippen LogP contribution in [0.25, 0.3) is 0 Å². The molecule has 0 aliphatic carbocycles. The Hall–Kier alpha value is -1.18. The molecule has 1 aromatic heterocycles. The second kappa shape index (κ2) is 6.37. The van der Waals surface area contributed by atoms with Crippen LogP contribution >= 0.6 is 0 Å². The standard InChI is InChI=1S/C16H26N4O2S/c1-13-6-7-20(14(13)2)16-5-4-15(12-17-16)23(21,22)19-10-8-18(3)9-11-19/h4-5,12-14H,6-11H2,1-3H3. The summed E-state index contributed by atoms with van der Waals surface area (Å²) in [4.78, 5) is 9.13. The van der Waals surface area contributed by atoms with E-state index in [1.807, 2.05) is 13.1 Å². The fourth-order valence-electron chi connectivity index (χ4n) is 3.29. The van der Waals surface area contributed by atoms with Gasteiger partial charge in [0.05, 0.1) is 0 Å². The highest BCUT2D eigenvalue weighted by Crippen LogP contribution is 2.28. The molecule has 128 valence electrons. The summed E-state index contributed by atoms with van der Waals surface area (Å²) in [6.07, 6.45) is 2.67. The molecule has 2 aliphatic rings. The zero-order valence-electron chi connectivity index (χ0n) is 14.1. The van der Waals surface area contributed by atoms with E-state index in [9.17, 15) is 8.42 Å². The molecular formula is C16H26N4O2S. The number of piperazine rings is 1. The number of hydrogen-bond acceptors (Lipinski definition) is 5. The van der Waals surface area contributed by atoms with Crippen LogP contribution in [-0.4, -0.2) is 68.4 Å². The lowest BCUT2D eigenvalue weighted by molar-refractivity contribution is 0.222. The van der Waals surface area contributed by atoms with Crippen LogP contribution in [0, 0.1) is 5.92 Å². The molecule has 2 atom stereocenters. The van der Waals surface area contributed by atoms with Crippen molar-refractivity contribution in [2.24, 2.45) is 5.92 Å². The first-order valence-electron chi connectivity index (χ1n) is 8.31. The van der Waals surface area contributed by atoms with Crippen molar-refractivity contribution in [3.8, 4) is 0 Å². The second-order valence-corrected chi connectivity index (χ2v) is 8.70. The average molecular weight is 338 g/mol. The van der Waals surface area contributed by atoms with Crippen molar-refractivity contribution >= 4 is 15.8 Å². The van der Waals surface area contributed by atoms with Crippen LogP contribution < -0.4 is 4.90 Å². The quantitative estimate of drug-likeness (QED) is 0.830. The number of nitrogens with zero attached hydrogens (tertiary/aromatic N) is 4. The van der Waals surface area contributed by atoms with E-state index in [2.05, 4.69) is 28.6 Å². The predicted molar refractivity (Wildman–Crippen MR) is 91.1 cm³/mol. The molecule has 0 saturated carbocycles. The van der Waals surface area contributed by atoms with Crippen molar-refractivity contribution < 1.29 is 8.42 Å². The lowest BCUT2D eigenvalue weighted by Crippen LogP contribution is -2.47. The van der Waals surface area contributed by atoms with Gasteiger partial charge in [0.1, 0.15) is 10.7 Å². The highest BCUT2D eigenvalue weighted by molar-refractivity contribution is 7.89. The molecule has 2 unspecified atom stereocenters. The molecule has 0 spiro atoms. The summed E-state index contributed by atoms with van der Waals surface area (Å²) in [5.74, 6) is 1.52. The van der Waals surface area contributed by atoms with Crippen LogP contribution in [0.3, 0.4) is 0 Å². The molecule has 23 heavy (non-hydrogen) atoms. The fourth-order valence-corrected chi connectivity index (χ4v) is 4.66. The normalized spacial score (nSPS) is 27.5. The third-order valence-electron chi connectivity index (χ3n) is 5.26. The zero-order chi connectivity index (χ0) is 16.6. The molecule has 3 heterocycles. The summed E-state index contributed by atoms with van der Waals surface area (Å²) in [7, 11) is -1.41. The van der Waals surface area contributed by atoms with Gasteiger partial charge in [-0.1, -0.05) is 6.92 Å². The van der Waals surface area contributed by atoms with Gasteiger partial charge in [0, 0.05) is 45.0 Å². The highest BCUT2D eigenvalue weighted by atomic mass is 32.2. The molecule has 1 aromatic rings. The van der Waals surface area contributed by atoms with Gasteiger partial charge >= 0.3 is 0 Å². The topological polar surface area (TPSA) is 56.8 Å². The Kier molecular flexibility index (Phi) is 4.62. The van der Waals surface area contributed by atoms with Crippen molar-refractivity contribution in [1.82, 2.24) is 14.2 Å². The smallest absolute Gasteiger partial charge is 0.244 e. The molecule has 0 bridgehead atoms. The molecule has 0 aromatic carbocycles. The van der Waals surface area contributed by atoms with Gasteiger partial charge in [-0.05, 0) is 38.4 Å². The van der Waals surface area contributed by atoms with Gasteiger partial charge in [-0.2, -0.15) is 4.31 Å². The molecule has 7 heteroatoms. The number of likely N-dealkylation sites (N-methyl/N-ethyl adjacent to an activating group) is 1. The minimum Gasteiger partial charge on any atom is -0.354 e. The summed E-state index contributed by atoms with van der Waals surface area (Å²) < 4.78 is 27.0. The van der Waals surface area contributed by atoms with Gasteiger partial charge in [0.2, 0.25) is 10.0 Å². The number of pyridine rings is 1. The number of hydrogen-bond donors (Lipinski definition) is 0. The third-order valence-corrected chi connectivity index (χ3v) is 7.14.